The molecule has 1 aliphatic rings. The van der Waals surface area contributed by atoms with Gasteiger partial charge in [-0.05, 0) is 41.5 Å². The molecule has 3 heterocycles. The Morgan fingerprint density at radius 1 is 0.815 bits per heavy atom. The molecule has 4 aromatic rings. The number of benzene rings is 2. The second kappa shape index (κ2) is 6.02. The quantitative estimate of drug-likeness (QED) is 0.598. The lowest BCUT2D eigenvalue weighted by molar-refractivity contribution is -0.117. The summed E-state index contributed by atoms with van der Waals surface area (Å²) in [6.45, 7) is 0.506. The summed E-state index contributed by atoms with van der Waals surface area (Å²) < 4.78 is 0. The lowest BCUT2D eigenvalue weighted by Crippen LogP contribution is -2.43. The van der Waals surface area contributed by atoms with E-state index in [1.54, 1.807) is 18.5 Å². The molecular formula is C23H17N3O. The zero-order valence-electron chi connectivity index (χ0n) is 14.6. The number of nitrogens with zero attached hydrogens (tertiary/aromatic N) is 2. The zero-order valence-corrected chi connectivity index (χ0v) is 14.6. The molecule has 1 atom stereocenters. The van der Waals surface area contributed by atoms with E-state index in [-0.39, 0.29) is 5.91 Å². The Morgan fingerprint density at radius 3 is 2.37 bits per heavy atom. The van der Waals surface area contributed by atoms with Gasteiger partial charge < -0.3 is 5.32 Å². The third-order valence-electron chi connectivity index (χ3n) is 5.30. The van der Waals surface area contributed by atoms with Crippen molar-refractivity contribution in [1.29, 1.82) is 0 Å². The number of amides is 1. The Hall–Kier alpha value is -3.53. The molecule has 0 spiro atoms. The van der Waals surface area contributed by atoms with Crippen molar-refractivity contribution in [3.05, 3.63) is 96.3 Å². The molecule has 0 bridgehead atoms. The normalized spacial score (nSPS) is 19.3. The average molecular weight is 351 g/mol. The maximum absolute atomic E-state index is 11.8. The van der Waals surface area contributed by atoms with Crippen molar-refractivity contribution in [1.82, 2.24) is 15.3 Å². The molecule has 1 aliphatic heterocycles. The smallest absolute Gasteiger partial charge is 0.243 e. The van der Waals surface area contributed by atoms with Crippen LogP contribution in [-0.2, 0) is 10.2 Å². The van der Waals surface area contributed by atoms with Gasteiger partial charge in [-0.15, -0.1) is 0 Å². The first-order valence-corrected chi connectivity index (χ1v) is 8.92. The number of carbonyl (C=O) groups is 1. The summed E-state index contributed by atoms with van der Waals surface area (Å²) >= 11 is 0. The molecule has 0 fully saturated rings. The molecular weight excluding hydrogens is 334 g/mol. The summed E-state index contributed by atoms with van der Waals surface area (Å²) in [5.41, 5.74) is 3.69. The first-order valence-electron chi connectivity index (χ1n) is 8.92. The summed E-state index contributed by atoms with van der Waals surface area (Å²) in [6.07, 6.45) is 7.24. The minimum atomic E-state index is -0.441. The molecule has 0 saturated heterocycles. The Morgan fingerprint density at radius 2 is 1.56 bits per heavy atom. The first-order chi connectivity index (χ1) is 13.2. The zero-order chi connectivity index (χ0) is 18.3. The van der Waals surface area contributed by atoms with Crippen molar-refractivity contribution >= 4 is 27.7 Å². The summed E-state index contributed by atoms with van der Waals surface area (Å²) in [4.78, 5) is 20.7. The SMILES string of the molecule is O=C1C=CC(c2ccc3ncccc3c2)(c2ccc3cccnc3c2)CN1. The molecule has 2 aromatic heterocycles. The highest BCUT2D eigenvalue weighted by molar-refractivity contribution is 5.90. The lowest BCUT2D eigenvalue weighted by atomic mass is 9.72. The van der Waals surface area contributed by atoms with E-state index in [0.717, 1.165) is 32.9 Å². The van der Waals surface area contributed by atoms with Crippen LogP contribution in [0.2, 0.25) is 0 Å². The van der Waals surface area contributed by atoms with Crippen molar-refractivity contribution < 1.29 is 4.79 Å². The van der Waals surface area contributed by atoms with E-state index in [9.17, 15) is 4.79 Å². The highest BCUT2D eigenvalue weighted by atomic mass is 16.1. The maximum Gasteiger partial charge on any atom is 0.243 e. The van der Waals surface area contributed by atoms with Gasteiger partial charge in [-0.1, -0.05) is 36.4 Å². The van der Waals surface area contributed by atoms with E-state index >= 15 is 0 Å². The Kier molecular flexibility index (Phi) is 3.50. The predicted molar refractivity (Wildman–Crippen MR) is 106 cm³/mol. The Labute approximate surface area is 156 Å². The van der Waals surface area contributed by atoms with Gasteiger partial charge in [0.15, 0.2) is 0 Å². The molecule has 2 aromatic carbocycles. The highest BCUT2D eigenvalue weighted by Gasteiger charge is 2.35. The molecule has 27 heavy (non-hydrogen) atoms. The van der Waals surface area contributed by atoms with Gasteiger partial charge in [0.05, 0.1) is 16.4 Å². The van der Waals surface area contributed by atoms with Crippen molar-refractivity contribution in [2.75, 3.05) is 6.54 Å². The fraction of sp³-hybridized carbons (Fsp3) is 0.0870. The average Bonchev–Trinajstić information content (AvgIpc) is 2.74. The molecule has 1 unspecified atom stereocenters. The van der Waals surface area contributed by atoms with Gasteiger partial charge in [0.2, 0.25) is 5.91 Å². The minimum Gasteiger partial charge on any atom is -0.351 e. The summed E-state index contributed by atoms with van der Waals surface area (Å²) in [5, 5.41) is 5.19. The molecule has 1 N–H and O–H groups in total. The number of hydrogen-bond donors (Lipinski definition) is 1. The van der Waals surface area contributed by atoms with Gasteiger partial charge in [-0.3, -0.25) is 14.8 Å². The Balaban J connectivity index is 1.75. The van der Waals surface area contributed by atoms with Crippen molar-refractivity contribution in [3.8, 4) is 0 Å². The predicted octanol–water partition coefficient (Wildman–Crippen LogP) is 3.76. The second-order valence-electron chi connectivity index (χ2n) is 6.84. The summed E-state index contributed by atoms with van der Waals surface area (Å²) in [7, 11) is 0. The molecule has 0 saturated carbocycles. The molecule has 0 radical (unpaired) electrons. The topological polar surface area (TPSA) is 54.9 Å². The van der Waals surface area contributed by atoms with Crippen LogP contribution in [0.3, 0.4) is 0 Å². The molecule has 4 heteroatoms. The molecule has 0 aliphatic carbocycles. The molecule has 130 valence electrons. The van der Waals surface area contributed by atoms with Crippen LogP contribution in [-0.4, -0.2) is 22.4 Å². The van der Waals surface area contributed by atoms with Crippen molar-refractivity contribution in [3.63, 3.8) is 0 Å². The van der Waals surface area contributed by atoms with Gasteiger partial charge >= 0.3 is 0 Å². The van der Waals surface area contributed by atoms with Gasteiger partial charge in [-0.2, -0.15) is 0 Å². The third-order valence-corrected chi connectivity index (χ3v) is 5.30. The number of carbonyl (C=O) groups excluding carboxylic acids is 1. The number of aromatic nitrogens is 2. The summed E-state index contributed by atoms with van der Waals surface area (Å²) in [5.74, 6) is -0.0630. The minimum absolute atomic E-state index is 0.0630. The van der Waals surface area contributed by atoms with Crippen molar-refractivity contribution in [2.45, 2.75) is 5.41 Å². The van der Waals surface area contributed by atoms with Gasteiger partial charge in [0, 0.05) is 35.8 Å². The van der Waals surface area contributed by atoms with E-state index in [2.05, 4.69) is 57.7 Å². The van der Waals surface area contributed by atoms with E-state index < -0.39 is 5.41 Å². The molecule has 1 amide bonds. The first kappa shape index (κ1) is 15.7. The third kappa shape index (κ3) is 2.57. The fourth-order valence-corrected chi connectivity index (χ4v) is 3.82. The van der Waals surface area contributed by atoms with Crippen LogP contribution in [0.4, 0.5) is 0 Å². The van der Waals surface area contributed by atoms with Crippen LogP contribution in [0.1, 0.15) is 11.1 Å². The van der Waals surface area contributed by atoms with Gasteiger partial charge in [0.1, 0.15) is 0 Å². The number of hydrogen-bond acceptors (Lipinski definition) is 3. The summed E-state index contributed by atoms with van der Waals surface area (Å²) in [6, 6.07) is 20.6. The maximum atomic E-state index is 11.8. The van der Waals surface area contributed by atoms with Crippen LogP contribution in [0.25, 0.3) is 21.8 Å². The van der Waals surface area contributed by atoms with Crippen LogP contribution >= 0.6 is 0 Å². The standard InChI is InChI=1S/C23H17N3O/c27-22-9-10-23(15-26-22,18-7-8-20-17(13-18)4-2-11-24-20)19-6-5-16-3-1-12-25-21(16)14-19/h1-14H,15H2,(H,26,27). The van der Waals surface area contributed by atoms with E-state index in [0.29, 0.717) is 6.54 Å². The number of pyridine rings is 2. The number of fused-ring (bicyclic) bond motifs is 2. The van der Waals surface area contributed by atoms with Crippen LogP contribution in [0.15, 0.2) is 85.2 Å². The van der Waals surface area contributed by atoms with Crippen LogP contribution < -0.4 is 5.32 Å². The molecule has 4 nitrogen and oxygen atoms in total. The lowest BCUT2D eigenvalue weighted by Gasteiger charge is -2.35. The van der Waals surface area contributed by atoms with E-state index in [1.807, 2.05) is 24.3 Å². The number of nitrogens with one attached hydrogen (secondary N) is 1. The van der Waals surface area contributed by atoms with E-state index in [4.69, 9.17) is 0 Å². The highest BCUT2D eigenvalue weighted by Crippen LogP contribution is 2.37. The van der Waals surface area contributed by atoms with Gasteiger partial charge in [0.25, 0.3) is 0 Å². The molecule has 5 rings (SSSR count). The van der Waals surface area contributed by atoms with Crippen LogP contribution in [0.5, 0.6) is 0 Å². The largest absolute Gasteiger partial charge is 0.351 e. The number of rotatable bonds is 2. The van der Waals surface area contributed by atoms with E-state index in [1.165, 1.54) is 0 Å². The fourth-order valence-electron chi connectivity index (χ4n) is 3.82. The Bertz CT molecular complexity index is 1130. The van der Waals surface area contributed by atoms with Crippen molar-refractivity contribution in [2.24, 2.45) is 0 Å². The van der Waals surface area contributed by atoms with Gasteiger partial charge in [-0.25, -0.2) is 0 Å². The monoisotopic (exact) mass is 351 g/mol. The van der Waals surface area contributed by atoms with Crippen LogP contribution in [0, 0.1) is 0 Å². The second-order valence-corrected chi connectivity index (χ2v) is 6.84.